The van der Waals surface area contributed by atoms with Gasteiger partial charge in [0.2, 0.25) is 6.79 Å². The largest absolute Gasteiger partial charge is 0.504 e. The van der Waals surface area contributed by atoms with Gasteiger partial charge in [0.1, 0.15) is 12.0 Å². The van der Waals surface area contributed by atoms with Crippen molar-refractivity contribution in [1.82, 2.24) is 15.1 Å². The number of ether oxygens (including phenoxy) is 5. The smallest absolute Gasteiger partial charge is 0.329 e. The van der Waals surface area contributed by atoms with Crippen LogP contribution < -0.4 is 24.3 Å². The van der Waals surface area contributed by atoms with E-state index in [9.17, 15) is 30.0 Å². The van der Waals surface area contributed by atoms with Crippen LogP contribution in [0, 0.1) is 6.92 Å². The topological polar surface area (TPSA) is 180 Å². The van der Waals surface area contributed by atoms with Crippen LogP contribution in [-0.2, 0) is 26.3 Å². The van der Waals surface area contributed by atoms with Gasteiger partial charge in [-0.3, -0.25) is 15.0 Å². The third kappa shape index (κ3) is 5.05. The first-order chi connectivity index (χ1) is 26.4. The molecule has 2 aromatic carbocycles. The number of benzene rings is 2. The lowest BCUT2D eigenvalue weighted by molar-refractivity contribution is -0.169. The molecule has 5 N–H and O–H groups in total. The lowest BCUT2D eigenvalue weighted by atomic mass is 9.75. The lowest BCUT2D eigenvalue weighted by Crippen LogP contribution is -2.74. The van der Waals surface area contributed by atoms with Gasteiger partial charge in [0.25, 0.3) is 0 Å². The number of thioether (sulfide) groups is 1. The monoisotopic (exact) mass is 775 g/mol. The Bertz CT molecular complexity index is 2120. The number of piperidine rings is 1. The minimum atomic E-state index is -1.56. The number of carbonyl (C=O) groups excluding carboxylic acids is 1. The minimum Gasteiger partial charge on any atom is -0.504 e. The summed E-state index contributed by atoms with van der Waals surface area (Å²) in [4.78, 5) is 30.6. The molecule has 9 rings (SSSR count). The summed E-state index contributed by atoms with van der Waals surface area (Å²) in [5.74, 6) is 0.214. The fourth-order valence-corrected chi connectivity index (χ4v) is 12.2. The number of carboxylic acids is 1. The second kappa shape index (κ2) is 13.0. The van der Waals surface area contributed by atoms with Gasteiger partial charge in [-0.2, -0.15) is 11.8 Å². The zero-order chi connectivity index (χ0) is 38.7. The van der Waals surface area contributed by atoms with Crippen molar-refractivity contribution in [3.05, 3.63) is 74.9 Å². The molecule has 1 fully saturated rings. The third-order valence-corrected chi connectivity index (χ3v) is 14.3. The van der Waals surface area contributed by atoms with Crippen LogP contribution in [-0.4, -0.2) is 105 Å². The number of aromatic hydroxyl groups is 1. The van der Waals surface area contributed by atoms with E-state index in [1.54, 1.807) is 12.1 Å². The number of phenolic OH excluding ortho intramolecular Hbond substituents is 1. The van der Waals surface area contributed by atoms with Crippen LogP contribution in [0.4, 0.5) is 0 Å². The normalized spacial score (nSPS) is 31.3. The maximum atomic E-state index is 13.6. The van der Waals surface area contributed by atoms with Crippen LogP contribution in [0.2, 0.25) is 0 Å². The summed E-state index contributed by atoms with van der Waals surface area (Å²) in [6.07, 6.45) is 5.30. The quantitative estimate of drug-likeness (QED) is 0.199. The van der Waals surface area contributed by atoms with E-state index < -0.39 is 41.0 Å². The Hall–Kier alpha value is -4.57. The highest BCUT2D eigenvalue weighted by Crippen LogP contribution is 2.66. The molecule has 292 valence electrons. The van der Waals surface area contributed by atoms with Crippen LogP contribution in [0.3, 0.4) is 0 Å². The summed E-state index contributed by atoms with van der Waals surface area (Å²) in [5.41, 5.74) is 3.36. The number of carbonyl (C=O) groups is 2. The second-order valence-corrected chi connectivity index (χ2v) is 16.5. The molecule has 0 radical (unpaired) electrons. The number of carboxylic acid groups (broad SMARTS) is 1. The fraction of sp³-hybridized carbons (Fsp3) is 0.500. The van der Waals surface area contributed by atoms with Crippen molar-refractivity contribution in [1.29, 1.82) is 0 Å². The summed E-state index contributed by atoms with van der Waals surface area (Å²) in [5, 5.41) is 49.1. The van der Waals surface area contributed by atoms with E-state index in [4.69, 9.17) is 23.7 Å². The number of aliphatic hydroxyl groups excluding tert-OH is 2. The predicted octanol–water partition coefficient (Wildman–Crippen LogP) is 4.23. The Labute approximate surface area is 322 Å². The van der Waals surface area contributed by atoms with Crippen molar-refractivity contribution in [2.24, 2.45) is 0 Å². The van der Waals surface area contributed by atoms with Crippen LogP contribution in [0.25, 0.3) is 0 Å². The molecule has 6 heterocycles. The molecule has 7 aliphatic rings. The third-order valence-electron chi connectivity index (χ3n) is 12.7. The Balaban J connectivity index is 1.24. The Kier molecular flexibility index (Phi) is 8.53. The van der Waals surface area contributed by atoms with E-state index >= 15 is 0 Å². The molecule has 0 amide bonds. The van der Waals surface area contributed by atoms with Gasteiger partial charge in [-0.1, -0.05) is 6.08 Å². The Morgan fingerprint density at radius 3 is 2.62 bits per heavy atom. The summed E-state index contributed by atoms with van der Waals surface area (Å²) < 4.78 is 29.4. The van der Waals surface area contributed by atoms with Gasteiger partial charge < -0.3 is 49.0 Å². The van der Waals surface area contributed by atoms with E-state index in [0.29, 0.717) is 77.5 Å². The van der Waals surface area contributed by atoms with E-state index in [0.717, 1.165) is 16.7 Å². The average Bonchev–Trinajstić information content (AvgIpc) is 3.75. The molecule has 4 bridgehead atoms. The first kappa shape index (κ1) is 36.1. The van der Waals surface area contributed by atoms with Crippen molar-refractivity contribution in [2.45, 2.75) is 93.6 Å². The number of rotatable bonds is 7. The number of phenols is 1. The van der Waals surface area contributed by atoms with Gasteiger partial charge in [-0.25, -0.2) is 4.79 Å². The second-order valence-electron chi connectivity index (χ2n) is 15.4. The number of fused-ring (bicyclic) bond motifs is 6. The van der Waals surface area contributed by atoms with Crippen molar-refractivity contribution in [3.63, 3.8) is 0 Å². The molecular formula is C40H45N3O11S. The average molecular weight is 776 g/mol. The molecule has 0 aromatic heterocycles. The SMILES string of the molecule is COC1=C(O)C2=CN3[C@H]2C2[C@H](SC[C@@]4(C(=O)O)NCCc5cc(O)c(OC)cc54)C4CC(c5c6c(c(C)c(OC(C)=O)c54)OCO6)N2[C@@H](O)[C@@H]3CCC=C1C. The van der Waals surface area contributed by atoms with Crippen molar-refractivity contribution < 1.29 is 53.7 Å². The molecule has 0 saturated carbocycles. The number of hydrogen-bond acceptors (Lipinski definition) is 14. The van der Waals surface area contributed by atoms with E-state index in [-0.39, 0.29) is 47.8 Å². The van der Waals surface area contributed by atoms with Crippen LogP contribution in [0.1, 0.15) is 72.9 Å². The minimum absolute atomic E-state index is 0.00499. The summed E-state index contributed by atoms with van der Waals surface area (Å²) in [7, 11) is 2.97. The highest BCUT2D eigenvalue weighted by Gasteiger charge is 2.64. The van der Waals surface area contributed by atoms with Crippen molar-refractivity contribution in [3.8, 4) is 28.7 Å². The maximum absolute atomic E-state index is 13.6. The number of aliphatic hydroxyl groups is 2. The predicted molar refractivity (Wildman–Crippen MR) is 199 cm³/mol. The lowest BCUT2D eigenvalue weighted by Gasteiger charge is -2.63. The molecule has 14 nitrogen and oxygen atoms in total. The number of aliphatic carboxylic acids is 1. The molecule has 15 heteroatoms. The van der Waals surface area contributed by atoms with Crippen LogP contribution in [0.5, 0.6) is 28.7 Å². The van der Waals surface area contributed by atoms with Crippen LogP contribution in [0.15, 0.2) is 47.1 Å². The zero-order valence-electron chi connectivity index (χ0n) is 31.2. The molecule has 3 unspecified atom stereocenters. The van der Waals surface area contributed by atoms with Gasteiger partial charge in [0.15, 0.2) is 40.1 Å². The van der Waals surface area contributed by atoms with E-state index in [1.165, 1.54) is 32.9 Å². The number of esters is 1. The molecule has 55 heavy (non-hydrogen) atoms. The fourth-order valence-electron chi connectivity index (χ4n) is 10.4. The first-order valence-corrected chi connectivity index (χ1v) is 19.7. The standard InChI is InChI=1S/C40H45N3O11S/c1-17-7-6-8-24-38(47)43-25-12-21(28-29(25)36-35(52-16-53-36)18(2)34(28)54-19(3)44)37(31(43)30-22(14-42(24)30)32(46)33(17)51-5)55-15-40(39(48)49)23-13-27(50-4)26(45)11-20(23)9-10-41-40/h7,11,13-14,21,24-25,30-31,37-38,41,45-47H,6,8-10,12,15-16H2,1-5H3,(H,48,49)/t21?,24-,25?,30+,31?,37+,38-,40+/m0/s1. The summed E-state index contributed by atoms with van der Waals surface area (Å²) in [6.45, 7) is 5.47. The van der Waals surface area contributed by atoms with Gasteiger partial charge in [0.05, 0.1) is 26.3 Å². The molecule has 1 aliphatic carbocycles. The highest BCUT2D eigenvalue weighted by atomic mass is 32.2. The number of methoxy groups -OCH3 is 2. The molecule has 1 saturated heterocycles. The molecule has 8 atom stereocenters. The highest BCUT2D eigenvalue weighted by molar-refractivity contribution is 8.00. The molecule has 0 spiro atoms. The van der Waals surface area contributed by atoms with Gasteiger partial charge in [-0.05, 0) is 68.4 Å². The number of piperazine rings is 1. The van der Waals surface area contributed by atoms with Gasteiger partial charge in [-0.15, -0.1) is 0 Å². The zero-order valence-corrected chi connectivity index (χ0v) is 32.1. The van der Waals surface area contributed by atoms with Crippen molar-refractivity contribution in [2.75, 3.05) is 33.3 Å². The Morgan fingerprint density at radius 2 is 1.89 bits per heavy atom. The number of nitrogens with one attached hydrogen (secondary N) is 1. The molecule has 6 aliphatic heterocycles. The summed E-state index contributed by atoms with van der Waals surface area (Å²) >= 11 is 1.48. The first-order valence-electron chi connectivity index (χ1n) is 18.7. The van der Waals surface area contributed by atoms with E-state index in [2.05, 4.69) is 15.1 Å². The van der Waals surface area contributed by atoms with Gasteiger partial charge >= 0.3 is 11.9 Å². The summed E-state index contributed by atoms with van der Waals surface area (Å²) in [6, 6.07) is 1.65. The number of nitrogens with zero attached hydrogens (tertiary/aromatic N) is 2. The Morgan fingerprint density at radius 1 is 1.11 bits per heavy atom. The maximum Gasteiger partial charge on any atom is 0.329 e. The number of allylic oxidation sites excluding steroid dienone is 2. The van der Waals surface area contributed by atoms with E-state index in [1.807, 2.05) is 26.1 Å². The number of hydrogen-bond donors (Lipinski definition) is 5. The van der Waals surface area contributed by atoms with Gasteiger partial charge in [0, 0.05) is 70.9 Å². The van der Waals surface area contributed by atoms with Crippen molar-refractivity contribution >= 4 is 23.7 Å². The molecular weight excluding hydrogens is 731 g/mol. The molecule has 2 aromatic rings. The van der Waals surface area contributed by atoms with Crippen LogP contribution >= 0.6 is 11.8 Å².